The maximum atomic E-state index is 3.77. The van der Waals surface area contributed by atoms with Crippen LogP contribution in [0.3, 0.4) is 0 Å². The van der Waals surface area contributed by atoms with Crippen molar-refractivity contribution in [3.63, 3.8) is 0 Å². The molecule has 0 bridgehead atoms. The van der Waals surface area contributed by atoms with E-state index in [0.717, 1.165) is 23.9 Å². The monoisotopic (exact) mass is 222 g/mol. The van der Waals surface area contributed by atoms with E-state index in [-0.39, 0.29) is 0 Å². The second kappa shape index (κ2) is 4.66. The minimum atomic E-state index is 0.804. The fourth-order valence-electron chi connectivity index (χ4n) is 4.31. The van der Waals surface area contributed by atoms with Crippen LogP contribution in [0.25, 0.3) is 0 Å². The SMILES string of the molecule is CN(CC1NCC2CCCC21)C1CCCC1. The van der Waals surface area contributed by atoms with Gasteiger partial charge in [-0.25, -0.2) is 0 Å². The summed E-state index contributed by atoms with van der Waals surface area (Å²) in [5, 5.41) is 3.77. The van der Waals surface area contributed by atoms with Gasteiger partial charge in [0.25, 0.3) is 0 Å². The summed E-state index contributed by atoms with van der Waals surface area (Å²) in [4.78, 5) is 2.64. The second-order valence-electron chi connectivity index (χ2n) is 6.25. The molecule has 2 aliphatic carbocycles. The van der Waals surface area contributed by atoms with Crippen molar-refractivity contribution in [1.82, 2.24) is 10.2 Å². The first-order valence-electron chi connectivity index (χ1n) is 7.28. The topological polar surface area (TPSA) is 15.3 Å². The summed E-state index contributed by atoms with van der Waals surface area (Å²) < 4.78 is 0. The van der Waals surface area contributed by atoms with Gasteiger partial charge in [-0.1, -0.05) is 19.3 Å². The molecule has 3 fully saturated rings. The van der Waals surface area contributed by atoms with Gasteiger partial charge >= 0.3 is 0 Å². The third-order valence-electron chi connectivity index (χ3n) is 5.31. The fraction of sp³-hybridized carbons (Fsp3) is 1.00. The van der Waals surface area contributed by atoms with Crippen molar-refractivity contribution >= 4 is 0 Å². The second-order valence-corrected chi connectivity index (χ2v) is 6.25. The van der Waals surface area contributed by atoms with E-state index in [2.05, 4.69) is 17.3 Å². The number of rotatable bonds is 3. The predicted molar refractivity (Wildman–Crippen MR) is 67.5 cm³/mol. The molecule has 0 radical (unpaired) electrons. The zero-order valence-electron chi connectivity index (χ0n) is 10.6. The van der Waals surface area contributed by atoms with Gasteiger partial charge in [-0.2, -0.15) is 0 Å². The Hall–Kier alpha value is -0.0800. The van der Waals surface area contributed by atoms with E-state index in [1.807, 2.05) is 0 Å². The van der Waals surface area contributed by atoms with Gasteiger partial charge in [0.15, 0.2) is 0 Å². The molecule has 3 aliphatic rings. The Bertz CT molecular complexity index is 235. The Morgan fingerprint density at radius 1 is 1.06 bits per heavy atom. The molecule has 0 aromatic carbocycles. The molecule has 0 spiro atoms. The number of likely N-dealkylation sites (N-methyl/N-ethyl adjacent to an activating group) is 1. The molecule has 1 saturated heterocycles. The van der Waals surface area contributed by atoms with E-state index in [1.54, 1.807) is 0 Å². The normalized spacial score (nSPS) is 39.8. The molecule has 2 saturated carbocycles. The highest BCUT2D eigenvalue weighted by Gasteiger charge is 2.39. The van der Waals surface area contributed by atoms with Crippen molar-refractivity contribution < 1.29 is 0 Å². The first-order valence-corrected chi connectivity index (χ1v) is 7.28. The van der Waals surface area contributed by atoms with Crippen LogP contribution in [0.4, 0.5) is 0 Å². The van der Waals surface area contributed by atoms with E-state index in [4.69, 9.17) is 0 Å². The Morgan fingerprint density at radius 3 is 2.69 bits per heavy atom. The highest BCUT2D eigenvalue weighted by atomic mass is 15.2. The van der Waals surface area contributed by atoms with Crippen LogP contribution in [0.2, 0.25) is 0 Å². The molecule has 3 atom stereocenters. The molecule has 1 heterocycles. The van der Waals surface area contributed by atoms with E-state index >= 15 is 0 Å². The number of fused-ring (bicyclic) bond motifs is 1. The minimum absolute atomic E-state index is 0.804. The highest BCUT2D eigenvalue weighted by Crippen LogP contribution is 2.38. The predicted octanol–water partition coefficient (Wildman–Crippen LogP) is 2.25. The third kappa shape index (κ3) is 2.02. The molecule has 0 aromatic heterocycles. The summed E-state index contributed by atoms with van der Waals surface area (Å²) in [7, 11) is 2.35. The molecule has 0 aromatic rings. The highest BCUT2D eigenvalue weighted by molar-refractivity contribution is 4.95. The van der Waals surface area contributed by atoms with Gasteiger partial charge in [0, 0.05) is 18.6 Å². The molecule has 3 rings (SSSR count). The molecule has 2 heteroatoms. The fourth-order valence-corrected chi connectivity index (χ4v) is 4.31. The zero-order chi connectivity index (χ0) is 11.0. The van der Waals surface area contributed by atoms with Crippen LogP contribution in [-0.2, 0) is 0 Å². The quantitative estimate of drug-likeness (QED) is 0.788. The lowest BCUT2D eigenvalue weighted by molar-refractivity contribution is 0.205. The summed E-state index contributed by atoms with van der Waals surface area (Å²) in [5.74, 6) is 2.02. The van der Waals surface area contributed by atoms with Crippen molar-refractivity contribution in [3.8, 4) is 0 Å². The number of nitrogens with one attached hydrogen (secondary N) is 1. The lowest BCUT2D eigenvalue weighted by atomic mass is 9.93. The summed E-state index contributed by atoms with van der Waals surface area (Å²) in [6, 6.07) is 1.69. The van der Waals surface area contributed by atoms with Crippen molar-refractivity contribution in [2.75, 3.05) is 20.1 Å². The molecule has 2 nitrogen and oxygen atoms in total. The molecule has 16 heavy (non-hydrogen) atoms. The molecular weight excluding hydrogens is 196 g/mol. The van der Waals surface area contributed by atoms with Crippen LogP contribution in [-0.4, -0.2) is 37.1 Å². The molecular formula is C14H26N2. The third-order valence-corrected chi connectivity index (χ3v) is 5.31. The zero-order valence-corrected chi connectivity index (χ0v) is 10.6. The average Bonchev–Trinajstić information content (AvgIpc) is 2.94. The van der Waals surface area contributed by atoms with Gasteiger partial charge in [-0.3, -0.25) is 0 Å². The van der Waals surface area contributed by atoms with Crippen molar-refractivity contribution in [3.05, 3.63) is 0 Å². The van der Waals surface area contributed by atoms with E-state index in [9.17, 15) is 0 Å². The first-order chi connectivity index (χ1) is 7.84. The van der Waals surface area contributed by atoms with E-state index in [1.165, 1.54) is 58.0 Å². The van der Waals surface area contributed by atoms with Crippen LogP contribution in [0.5, 0.6) is 0 Å². The van der Waals surface area contributed by atoms with Gasteiger partial charge in [-0.15, -0.1) is 0 Å². The summed E-state index contributed by atoms with van der Waals surface area (Å²) in [5.41, 5.74) is 0. The van der Waals surface area contributed by atoms with Crippen molar-refractivity contribution in [2.45, 2.75) is 57.0 Å². The van der Waals surface area contributed by atoms with E-state index < -0.39 is 0 Å². The molecule has 0 amide bonds. The maximum Gasteiger partial charge on any atom is 0.0226 e. The number of nitrogens with zero attached hydrogens (tertiary/aromatic N) is 1. The number of hydrogen-bond acceptors (Lipinski definition) is 2. The van der Waals surface area contributed by atoms with Gasteiger partial charge < -0.3 is 10.2 Å². The van der Waals surface area contributed by atoms with Gasteiger partial charge in [-0.05, 0) is 51.1 Å². The summed E-state index contributed by atoms with van der Waals surface area (Å²) in [6.07, 6.45) is 10.3. The van der Waals surface area contributed by atoms with E-state index in [0.29, 0.717) is 0 Å². The largest absolute Gasteiger partial charge is 0.312 e. The number of hydrogen-bond donors (Lipinski definition) is 1. The Morgan fingerprint density at radius 2 is 1.88 bits per heavy atom. The van der Waals surface area contributed by atoms with Crippen LogP contribution < -0.4 is 5.32 Å². The van der Waals surface area contributed by atoms with Crippen molar-refractivity contribution in [1.29, 1.82) is 0 Å². The first kappa shape index (κ1) is 11.0. The van der Waals surface area contributed by atoms with Crippen LogP contribution in [0.15, 0.2) is 0 Å². The lowest BCUT2D eigenvalue weighted by Crippen LogP contribution is -2.42. The average molecular weight is 222 g/mol. The maximum absolute atomic E-state index is 3.77. The van der Waals surface area contributed by atoms with Crippen LogP contribution in [0, 0.1) is 11.8 Å². The molecule has 1 N–H and O–H groups in total. The van der Waals surface area contributed by atoms with Crippen LogP contribution >= 0.6 is 0 Å². The Balaban J connectivity index is 1.53. The molecule has 1 aliphatic heterocycles. The van der Waals surface area contributed by atoms with Gasteiger partial charge in [0.2, 0.25) is 0 Å². The summed E-state index contributed by atoms with van der Waals surface area (Å²) in [6.45, 7) is 2.60. The summed E-state index contributed by atoms with van der Waals surface area (Å²) >= 11 is 0. The standard InChI is InChI=1S/C14H26N2/c1-16(12-6-2-3-7-12)10-14-13-8-4-5-11(13)9-15-14/h11-15H,2-10H2,1H3. The van der Waals surface area contributed by atoms with Gasteiger partial charge in [0.1, 0.15) is 0 Å². The smallest absolute Gasteiger partial charge is 0.0226 e. The van der Waals surface area contributed by atoms with Crippen LogP contribution in [0.1, 0.15) is 44.9 Å². The Labute approximate surface area is 99.8 Å². The molecule has 92 valence electrons. The lowest BCUT2D eigenvalue weighted by Gasteiger charge is -2.29. The Kier molecular flexibility index (Phi) is 3.21. The van der Waals surface area contributed by atoms with Crippen molar-refractivity contribution in [2.24, 2.45) is 11.8 Å². The molecule has 3 unspecified atom stereocenters. The van der Waals surface area contributed by atoms with Gasteiger partial charge in [0.05, 0.1) is 0 Å². The minimum Gasteiger partial charge on any atom is -0.312 e.